The topological polar surface area (TPSA) is 69.9 Å². The third-order valence-electron chi connectivity index (χ3n) is 1.77. The van der Waals surface area contributed by atoms with Crippen molar-refractivity contribution >= 4 is 11.7 Å². The first-order chi connectivity index (χ1) is 7.36. The third kappa shape index (κ3) is 2.50. The molecule has 86 valence electrons. The van der Waals surface area contributed by atoms with E-state index in [2.05, 4.69) is 5.16 Å². The fourth-order valence-corrected chi connectivity index (χ4v) is 1.07. The molecule has 16 heavy (non-hydrogen) atoms. The number of carbonyl (C=O) groups is 1. The van der Waals surface area contributed by atoms with Crippen LogP contribution in [0.3, 0.4) is 0 Å². The second kappa shape index (κ2) is 4.21. The Morgan fingerprint density at radius 2 is 1.94 bits per heavy atom. The smallest absolute Gasteiger partial charge is 0.416 e. The first-order valence-electron chi connectivity index (χ1n) is 3.99. The first kappa shape index (κ1) is 12.0. The van der Waals surface area contributed by atoms with Gasteiger partial charge in [0, 0.05) is 5.56 Å². The molecule has 1 aromatic carbocycles. The minimum atomic E-state index is -4.57. The number of benzene rings is 1. The average molecular weight is 233 g/mol. The van der Waals surface area contributed by atoms with Gasteiger partial charge >= 0.3 is 12.1 Å². The summed E-state index contributed by atoms with van der Waals surface area (Å²) < 4.78 is 36.9. The summed E-state index contributed by atoms with van der Waals surface area (Å²) in [6.45, 7) is 0. The van der Waals surface area contributed by atoms with Gasteiger partial charge in [-0.25, -0.2) is 4.79 Å². The number of carboxylic acids is 1. The number of aliphatic carboxylic acids is 1. The minimum absolute atomic E-state index is 0.315. The van der Waals surface area contributed by atoms with Crippen molar-refractivity contribution in [3.8, 4) is 0 Å². The van der Waals surface area contributed by atoms with Gasteiger partial charge in [0.05, 0.1) is 5.56 Å². The highest BCUT2D eigenvalue weighted by Crippen LogP contribution is 2.29. The van der Waals surface area contributed by atoms with Crippen molar-refractivity contribution in [1.82, 2.24) is 0 Å². The molecule has 0 amide bonds. The van der Waals surface area contributed by atoms with Crippen molar-refractivity contribution in [1.29, 1.82) is 0 Å². The standard InChI is InChI=1S/C9H6F3NO3/c10-9(11,12)6-3-1-2-5(4-6)7(13-16)8(14)15/h1-4,16H,(H,14,15). The molecule has 0 saturated heterocycles. The Morgan fingerprint density at radius 1 is 1.31 bits per heavy atom. The maximum absolute atomic E-state index is 12.3. The van der Waals surface area contributed by atoms with E-state index in [1.807, 2.05) is 0 Å². The highest BCUT2D eigenvalue weighted by molar-refractivity contribution is 6.42. The van der Waals surface area contributed by atoms with Crippen LogP contribution < -0.4 is 0 Å². The number of halogens is 3. The van der Waals surface area contributed by atoms with Crippen LogP contribution in [0.1, 0.15) is 11.1 Å². The van der Waals surface area contributed by atoms with Gasteiger partial charge in [-0.05, 0) is 12.1 Å². The second-order valence-corrected chi connectivity index (χ2v) is 2.83. The van der Waals surface area contributed by atoms with E-state index in [-0.39, 0.29) is 5.56 Å². The van der Waals surface area contributed by atoms with E-state index in [0.717, 1.165) is 18.2 Å². The van der Waals surface area contributed by atoms with E-state index in [9.17, 15) is 18.0 Å². The molecule has 1 rings (SSSR count). The molecule has 0 atom stereocenters. The molecule has 0 saturated carbocycles. The highest BCUT2D eigenvalue weighted by Gasteiger charge is 2.31. The van der Waals surface area contributed by atoms with E-state index in [1.165, 1.54) is 0 Å². The largest absolute Gasteiger partial charge is 0.476 e. The molecule has 0 aliphatic heterocycles. The molecule has 7 heteroatoms. The van der Waals surface area contributed by atoms with Gasteiger partial charge in [-0.2, -0.15) is 13.2 Å². The monoisotopic (exact) mass is 233 g/mol. The van der Waals surface area contributed by atoms with E-state index in [1.54, 1.807) is 0 Å². The van der Waals surface area contributed by atoms with Crippen LogP contribution >= 0.6 is 0 Å². The molecular weight excluding hydrogens is 227 g/mol. The predicted octanol–water partition coefficient (Wildman–Crippen LogP) is 1.97. The fourth-order valence-electron chi connectivity index (χ4n) is 1.07. The zero-order chi connectivity index (χ0) is 12.3. The van der Waals surface area contributed by atoms with E-state index in [4.69, 9.17) is 10.3 Å². The van der Waals surface area contributed by atoms with Gasteiger partial charge in [-0.15, -0.1) is 0 Å². The lowest BCUT2D eigenvalue weighted by Gasteiger charge is -2.07. The molecule has 0 fully saturated rings. The van der Waals surface area contributed by atoms with Crippen molar-refractivity contribution in [2.45, 2.75) is 6.18 Å². The predicted molar refractivity (Wildman–Crippen MR) is 47.4 cm³/mol. The Bertz CT molecular complexity index is 440. The number of hydrogen-bond donors (Lipinski definition) is 2. The summed E-state index contributed by atoms with van der Waals surface area (Å²) >= 11 is 0. The zero-order valence-corrected chi connectivity index (χ0v) is 7.69. The van der Waals surface area contributed by atoms with Gasteiger partial charge in [0.2, 0.25) is 0 Å². The van der Waals surface area contributed by atoms with Crippen LogP contribution in [0.2, 0.25) is 0 Å². The molecule has 0 heterocycles. The molecule has 0 bridgehead atoms. The van der Waals surface area contributed by atoms with Gasteiger partial charge in [0.1, 0.15) is 0 Å². The number of nitrogens with zero attached hydrogens (tertiary/aromatic N) is 1. The fraction of sp³-hybridized carbons (Fsp3) is 0.111. The maximum atomic E-state index is 12.3. The Morgan fingerprint density at radius 3 is 2.38 bits per heavy atom. The van der Waals surface area contributed by atoms with Crippen molar-refractivity contribution in [3.63, 3.8) is 0 Å². The SMILES string of the molecule is O=C(O)C(=NO)c1cccc(C(F)(F)F)c1. The molecular formula is C9H6F3NO3. The Labute approximate surface area is 87.6 Å². The molecule has 0 spiro atoms. The number of oxime groups is 1. The molecule has 0 aliphatic rings. The van der Waals surface area contributed by atoms with Crippen LogP contribution in [0, 0.1) is 0 Å². The van der Waals surface area contributed by atoms with Crippen molar-refractivity contribution in [2.24, 2.45) is 5.16 Å². The lowest BCUT2D eigenvalue weighted by atomic mass is 10.1. The Kier molecular flexibility index (Phi) is 3.17. The second-order valence-electron chi connectivity index (χ2n) is 2.83. The van der Waals surface area contributed by atoms with Crippen LogP contribution in [-0.4, -0.2) is 22.0 Å². The molecule has 4 nitrogen and oxygen atoms in total. The van der Waals surface area contributed by atoms with E-state index >= 15 is 0 Å². The Hall–Kier alpha value is -2.05. The molecule has 0 aromatic heterocycles. The van der Waals surface area contributed by atoms with Gasteiger partial charge in [-0.3, -0.25) is 0 Å². The van der Waals surface area contributed by atoms with E-state index in [0.29, 0.717) is 6.07 Å². The van der Waals surface area contributed by atoms with Crippen LogP contribution in [0.15, 0.2) is 29.4 Å². The third-order valence-corrected chi connectivity index (χ3v) is 1.77. The summed E-state index contributed by atoms with van der Waals surface area (Å²) in [7, 11) is 0. The first-order valence-corrected chi connectivity index (χ1v) is 3.99. The summed E-state index contributed by atoms with van der Waals surface area (Å²) in [5.41, 5.74) is -2.16. The van der Waals surface area contributed by atoms with Crippen LogP contribution in [-0.2, 0) is 11.0 Å². The minimum Gasteiger partial charge on any atom is -0.476 e. The van der Waals surface area contributed by atoms with Gasteiger partial charge in [0.15, 0.2) is 5.71 Å². The number of hydrogen-bond acceptors (Lipinski definition) is 3. The van der Waals surface area contributed by atoms with Gasteiger partial charge in [-0.1, -0.05) is 17.3 Å². The maximum Gasteiger partial charge on any atom is 0.416 e. The van der Waals surface area contributed by atoms with Crippen LogP contribution in [0.4, 0.5) is 13.2 Å². The van der Waals surface area contributed by atoms with Crippen molar-refractivity contribution in [3.05, 3.63) is 35.4 Å². The van der Waals surface area contributed by atoms with Crippen molar-refractivity contribution in [2.75, 3.05) is 0 Å². The molecule has 0 aliphatic carbocycles. The van der Waals surface area contributed by atoms with Crippen LogP contribution in [0.25, 0.3) is 0 Å². The quantitative estimate of drug-likeness (QED) is 0.466. The van der Waals surface area contributed by atoms with E-state index < -0.39 is 23.4 Å². The number of alkyl halides is 3. The van der Waals surface area contributed by atoms with Crippen LogP contribution in [0.5, 0.6) is 0 Å². The summed E-state index contributed by atoms with van der Waals surface area (Å²) in [6.07, 6.45) is -4.57. The summed E-state index contributed by atoms with van der Waals surface area (Å²) in [6, 6.07) is 3.54. The van der Waals surface area contributed by atoms with Crippen molar-refractivity contribution < 1.29 is 28.3 Å². The summed E-state index contributed by atoms with van der Waals surface area (Å²) in [5.74, 6) is -1.61. The molecule has 2 N–H and O–H groups in total. The zero-order valence-electron chi connectivity index (χ0n) is 7.69. The molecule has 1 aromatic rings. The average Bonchev–Trinajstić information content (AvgIpc) is 2.17. The molecule has 0 unspecified atom stereocenters. The summed E-state index contributed by atoms with van der Waals surface area (Å²) in [4.78, 5) is 10.5. The van der Waals surface area contributed by atoms with Gasteiger partial charge < -0.3 is 10.3 Å². The van der Waals surface area contributed by atoms with Gasteiger partial charge in [0.25, 0.3) is 0 Å². The number of carboxylic acid groups (broad SMARTS) is 1. The molecule has 0 radical (unpaired) electrons. The Balaban J connectivity index is 3.23. The lowest BCUT2D eigenvalue weighted by molar-refractivity contribution is -0.137. The number of rotatable bonds is 2. The summed E-state index contributed by atoms with van der Waals surface area (Å²) in [5, 5.41) is 19.3. The lowest BCUT2D eigenvalue weighted by Crippen LogP contribution is -2.15. The highest BCUT2D eigenvalue weighted by atomic mass is 19.4. The normalized spacial score (nSPS) is 12.6.